The number of aromatic nitrogens is 3. The number of morpholine rings is 1. The van der Waals surface area contributed by atoms with Crippen LogP contribution in [0, 0.1) is 0 Å². The molecule has 1 aliphatic rings. The molecule has 130 valence electrons. The van der Waals surface area contributed by atoms with Crippen molar-refractivity contribution in [3.8, 4) is 11.3 Å². The molecule has 7 nitrogen and oxygen atoms in total. The van der Waals surface area contributed by atoms with Crippen LogP contribution in [-0.2, 0) is 9.47 Å². The van der Waals surface area contributed by atoms with Gasteiger partial charge in [-0.3, -0.25) is 0 Å². The van der Waals surface area contributed by atoms with Crippen molar-refractivity contribution in [3.05, 3.63) is 35.5 Å². The van der Waals surface area contributed by atoms with E-state index in [4.69, 9.17) is 14.5 Å². The standard InChI is InChI=1S/C17H18N4O3S/c1-2-24-16(22)13-9-18-21-10-12(3-4-15(13)21)14-11-25-17(19-14)20-5-7-23-8-6-20/h3-4,9-11H,2,5-8H2,1H3. The van der Waals surface area contributed by atoms with Crippen LogP contribution in [0.2, 0.25) is 0 Å². The Morgan fingerprint density at radius 3 is 3.00 bits per heavy atom. The molecule has 25 heavy (non-hydrogen) atoms. The van der Waals surface area contributed by atoms with Gasteiger partial charge in [0.05, 0.1) is 37.2 Å². The first kappa shape index (κ1) is 16.0. The molecule has 0 bridgehead atoms. The molecule has 0 aromatic carbocycles. The van der Waals surface area contributed by atoms with Gasteiger partial charge in [-0.1, -0.05) is 0 Å². The Kier molecular flexibility index (Phi) is 4.37. The first-order chi connectivity index (χ1) is 12.3. The smallest absolute Gasteiger partial charge is 0.341 e. The van der Waals surface area contributed by atoms with Gasteiger partial charge in [-0.05, 0) is 19.1 Å². The Morgan fingerprint density at radius 1 is 1.36 bits per heavy atom. The van der Waals surface area contributed by atoms with Gasteiger partial charge in [0.1, 0.15) is 5.56 Å². The normalized spacial score (nSPS) is 14.8. The Balaban J connectivity index is 1.62. The highest BCUT2D eigenvalue weighted by Crippen LogP contribution is 2.28. The molecule has 4 rings (SSSR count). The lowest BCUT2D eigenvalue weighted by Crippen LogP contribution is -2.36. The number of fused-ring (bicyclic) bond motifs is 1. The summed E-state index contributed by atoms with van der Waals surface area (Å²) in [6, 6.07) is 3.83. The average molecular weight is 358 g/mol. The summed E-state index contributed by atoms with van der Waals surface area (Å²) in [5.41, 5.74) is 3.06. The average Bonchev–Trinajstić information content (AvgIpc) is 3.29. The van der Waals surface area contributed by atoms with Gasteiger partial charge in [0, 0.05) is 30.2 Å². The molecule has 3 aromatic rings. The van der Waals surface area contributed by atoms with Gasteiger partial charge >= 0.3 is 5.97 Å². The fraction of sp³-hybridized carbons (Fsp3) is 0.353. The zero-order valence-electron chi connectivity index (χ0n) is 13.8. The molecule has 0 N–H and O–H groups in total. The summed E-state index contributed by atoms with van der Waals surface area (Å²) in [5.74, 6) is -0.353. The summed E-state index contributed by atoms with van der Waals surface area (Å²) in [6.45, 7) is 5.35. The Morgan fingerprint density at radius 2 is 2.20 bits per heavy atom. The number of anilines is 1. The van der Waals surface area contributed by atoms with Crippen LogP contribution in [0.1, 0.15) is 17.3 Å². The SMILES string of the molecule is CCOC(=O)c1cnn2cc(-c3csc(N4CCOCC4)n3)ccc12. The topological polar surface area (TPSA) is 69.0 Å². The van der Waals surface area contributed by atoms with E-state index in [0.717, 1.165) is 48.2 Å². The number of rotatable bonds is 4. The maximum absolute atomic E-state index is 12.0. The molecule has 1 saturated heterocycles. The van der Waals surface area contributed by atoms with E-state index in [1.54, 1.807) is 22.8 Å². The number of hydrogen-bond donors (Lipinski definition) is 0. The van der Waals surface area contributed by atoms with Crippen LogP contribution >= 0.6 is 11.3 Å². The molecule has 4 heterocycles. The van der Waals surface area contributed by atoms with Crippen LogP contribution in [0.4, 0.5) is 5.13 Å². The third-order valence-electron chi connectivity index (χ3n) is 4.08. The fourth-order valence-corrected chi connectivity index (χ4v) is 3.69. The third-order valence-corrected chi connectivity index (χ3v) is 4.98. The Hall–Kier alpha value is -2.45. The lowest BCUT2D eigenvalue weighted by molar-refractivity contribution is 0.0528. The van der Waals surface area contributed by atoms with Crippen molar-refractivity contribution in [1.29, 1.82) is 0 Å². The number of esters is 1. The molecular weight excluding hydrogens is 340 g/mol. The van der Waals surface area contributed by atoms with Crippen LogP contribution < -0.4 is 4.90 Å². The van der Waals surface area contributed by atoms with Crippen molar-refractivity contribution >= 4 is 28.0 Å². The lowest BCUT2D eigenvalue weighted by Gasteiger charge is -2.26. The van der Waals surface area contributed by atoms with Crippen molar-refractivity contribution in [2.75, 3.05) is 37.8 Å². The predicted octanol–water partition coefficient (Wildman–Crippen LogP) is 2.47. The highest BCUT2D eigenvalue weighted by molar-refractivity contribution is 7.14. The van der Waals surface area contributed by atoms with Crippen molar-refractivity contribution in [3.63, 3.8) is 0 Å². The van der Waals surface area contributed by atoms with E-state index in [9.17, 15) is 4.79 Å². The predicted molar refractivity (Wildman–Crippen MR) is 95.3 cm³/mol. The number of pyridine rings is 1. The highest BCUT2D eigenvalue weighted by atomic mass is 32.1. The van der Waals surface area contributed by atoms with E-state index >= 15 is 0 Å². The summed E-state index contributed by atoms with van der Waals surface area (Å²) in [6.07, 6.45) is 3.42. The molecule has 0 atom stereocenters. The first-order valence-corrected chi connectivity index (χ1v) is 9.07. The van der Waals surface area contributed by atoms with Gasteiger partial charge in [-0.15, -0.1) is 11.3 Å². The summed E-state index contributed by atoms with van der Waals surface area (Å²) >= 11 is 1.63. The second kappa shape index (κ2) is 6.81. The third kappa shape index (κ3) is 3.10. The number of hydrogen-bond acceptors (Lipinski definition) is 7. The zero-order chi connectivity index (χ0) is 17.2. The van der Waals surface area contributed by atoms with Crippen LogP contribution in [0.15, 0.2) is 29.9 Å². The molecule has 0 aliphatic carbocycles. The molecule has 0 radical (unpaired) electrons. The lowest BCUT2D eigenvalue weighted by atomic mass is 10.2. The second-order valence-electron chi connectivity index (χ2n) is 5.64. The number of carbonyl (C=O) groups excluding carboxylic acids is 1. The minimum atomic E-state index is -0.353. The zero-order valence-corrected chi connectivity index (χ0v) is 14.7. The summed E-state index contributed by atoms with van der Waals surface area (Å²) < 4.78 is 12.1. The van der Waals surface area contributed by atoms with Crippen LogP contribution in [0.5, 0.6) is 0 Å². The minimum Gasteiger partial charge on any atom is -0.462 e. The van der Waals surface area contributed by atoms with Crippen LogP contribution in [0.25, 0.3) is 16.8 Å². The van der Waals surface area contributed by atoms with Gasteiger partial charge in [-0.2, -0.15) is 5.10 Å². The monoisotopic (exact) mass is 358 g/mol. The van der Waals surface area contributed by atoms with Crippen LogP contribution in [-0.4, -0.2) is 53.5 Å². The van der Waals surface area contributed by atoms with Crippen molar-refractivity contribution in [2.45, 2.75) is 6.92 Å². The van der Waals surface area contributed by atoms with Gasteiger partial charge in [0.15, 0.2) is 5.13 Å². The number of nitrogens with zero attached hydrogens (tertiary/aromatic N) is 4. The maximum atomic E-state index is 12.0. The van der Waals surface area contributed by atoms with Gasteiger partial charge in [0.2, 0.25) is 0 Å². The van der Waals surface area contributed by atoms with E-state index < -0.39 is 0 Å². The minimum absolute atomic E-state index is 0.345. The van der Waals surface area contributed by atoms with E-state index in [1.165, 1.54) is 6.20 Å². The first-order valence-electron chi connectivity index (χ1n) is 8.19. The largest absolute Gasteiger partial charge is 0.462 e. The molecular formula is C17H18N4O3S. The van der Waals surface area contributed by atoms with Crippen molar-refractivity contribution in [2.24, 2.45) is 0 Å². The number of ether oxygens (including phenoxy) is 2. The van der Waals surface area contributed by atoms with E-state index in [1.807, 2.05) is 23.7 Å². The van der Waals surface area contributed by atoms with E-state index in [-0.39, 0.29) is 5.97 Å². The molecule has 0 unspecified atom stereocenters. The van der Waals surface area contributed by atoms with Gasteiger partial charge in [0.25, 0.3) is 0 Å². The maximum Gasteiger partial charge on any atom is 0.341 e. The molecule has 0 amide bonds. The Labute approximate surface area is 148 Å². The molecule has 1 fully saturated rings. The van der Waals surface area contributed by atoms with Crippen LogP contribution in [0.3, 0.4) is 0 Å². The number of thiazole rings is 1. The summed E-state index contributed by atoms with van der Waals surface area (Å²) in [4.78, 5) is 18.9. The number of carbonyl (C=O) groups is 1. The van der Waals surface area contributed by atoms with Crippen molar-refractivity contribution < 1.29 is 14.3 Å². The molecule has 3 aromatic heterocycles. The fourth-order valence-electron chi connectivity index (χ4n) is 2.80. The van der Waals surface area contributed by atoms with E-state index in [0.29, 0.717) is 12.2 Å². The van der Waals surface area contributed by atoms with E-state index in [2.05, 4.69) is 10.00 Å². The van der Waals surface area contributed by atoms with Gasteiger partial charge < -0.3 is 14.4 Å². The van der Waals surface area contributed by atoms with Crippen molar-refractivity contribution in [1.82, 2.24) is 14.6 Å². The van der Waals surface area contributed by atoms with Gasteiger partial charge in [-0.25, -0.2) is 14.3 Å². The summed E-state index contributed by atoms with van der Waals surface area (Å²) in [5, 5.41) is 7.32. The second-order valence-corrected chi connectivity index (χ2v) is 6.48. The molecule has 0 saturated carbocycles. The Bertz CT molecular complexity index is 898. The summed E-state index contributed by atoms with van der Waals surface area (Å²) in [7, 11) is 0. The molecule has 0 spiro atoms. The molecule has 8 heteroatoms. The molecule has 1 aliphatic heterocycles. The quantitative estimate of drug-likeness (QED) is 0.668. The highest BCUT2D eigenvalue weighted by Gasteiger charge is 2.17.